The smallest absolute Gasteiger partial charge is 0.256 e. The number of nitrogens with zero attached hydrogens (tertiary/aromatic N) is 2. The molecule has 0 aliphatic carbocycles. The van der Waals surface area contributed by atoms with Crippen LogP contribution < -0.4 is 10.2 Å². The molecule has 4 nitrogen and oxygen atoms in total. The molecule has 0 saturated heterocycles. The van der Waals surface area contributed by atoms with Gasteiger partial charge >= 0.3 is 0 Å². The normalized spacial score (nSPS) is 13.4. The van der Waals surface area contributed by atoms with Gasteiger partial charge < -0.3 is 14.8 Å². The lowest BCUT2D eigenvalue weighted by Gasteiger charge is -2.13. The second-order valence-corrected chi connectivity index (χ2v) is 6.13. The van der Waals surface area contributed by atoms with Gasteiger partial charge in [0.15, 0.2) is 0 Å². The number of nitrogens with one attached hydrogen (secondary N) is 1. The van der Waals surface area contributed by atoms with E-state index in [9.17, 15) is 4.79 Å². The minimum Gasteiger partial charge on any atom is -0.374 e. The Morgan fingerprint density at radius 2 is 2.00 bits per heavy atom. The monoisotopic (exact) mass is 305 g/mol. The van der Waals surface area contributed by atoms with Crippen LogP contribution in [0.15, 0.2) is 48.7 Å². The topological polar surface area (TPSA) is 37.3 Å². The molecule has 0 radical (unpaired) electrons. The third-order valence-electron chi connectivity index (χ3n) is 4.64. The predicted octanol–water partition coefficient (Wildman–Crippen LogP) is 3.42. The summed E-state index contributed by atoms with van der Waals surface area (Å²) in [4.78, 5) is 14.9. The van der Waals surface area contributed by atoms with E-state index in [1.165, 1.54) is 11.3 Å². The van der Waals surface area contributed by atoms with Crippen molar-refractivity contribution in [1.82, 2.24) is 4.57 Å². The zero-order valence-corrected chi connectivity index (χ0v) is 13.3. The molecule has 1 amide bonds. The predicted molar refractivity (Wildman–Crippen MR) is 94.3 cm³/mol. The Balaban J connectivity index is 1.65. The molecule has 1 aromatic heterocycles. The van der Waals surface area contributed by atoms with Crippen molar-refractivity contribution in [3.05, 3.63) is 59.8 Å². The van der Waals surface area contributed by atoms with Gasteiger partial charge in [-0.25, -0.2) is 0 Å². The van der Waals surface area contributed by atoms with Gasteiger partial charge in [0.25, 0.3) is 5.91 Å². The molecule has 0 atom stereocenters. The molecule has 4 rings (SSSR count). The van der Waals surface area contributed by atoms with Crippen LogP contribution in [0, 0.1) is 0 Å². The van der Waals surface area contributed by atoms with E-state index in [1.54, 1.807) is 0 Å². The van der Waals surface area contributed by atoms with Crippen molar-refractivity contribution in [1.29, 1.82) is 0 Å². The maximum atomic E-state index is 12.7. The first-order valence-electron chi connectivity index (χ1n) is 7.83. The standard InChI is InChI=1S/C19H19N3O/c1-21-10-8-13-12-14(6-7-17(13)21)20-19(23)16-4-3-5-18-15(16)9-11-22(18)2/h3-7,9,11-12H,8,10H2,1-2H3,(H,20,23). The minimum absolute atomic E-state index is 0.0619. The molecular weight excluding hydrogens is 286 g/mol. The number of hydrogen-bond donors (Lipinski definition) is 1. The number of rotatable bonds is 2. The molecule has 4 heteroatoms. The van der Waals surface area contributed by atoms with E-state index in [0.717, 1.165) is 29.6 Å². The number of anilines is 2. The van der Waals surface area contributed by atoms with E-state index in [0.29, 0.717) is 5.56 Å². The number of aryl methyl sites for hydroxylation is 1. The third kappa shape index (κ3) is 2.27. The number of benzene rings is 2. The number of aromatic nitrogens is 1. The van der Waals surface area contributed by atoms with E-state index >= 15 is 0 Å². The average Bonchev–Trinajstić information content (AvgIpc) is 3.11. The molecule has 0 bridgehead atoms. The van der Waals surface area contributed by atoms with Gasteiger partial charge in [0, 0.05) is 54.7 Å². The van der Waals surface area contributed by atoms with Crippen LogP contribution in [0.2, 0.25) is 0 Å². The third-order valence-corrected chi connectivity index (χ3v) is 4.64. The van der Waals surface area contributed by atoms with Crippen LogP contribution in [0.4, 0.5) is 11.4 Å². The van der Waals surface area contributed by atoms with Crippen molar-refractivity contribution in [3.8, 4) is 0 Å². The van der Waals surface area contributed by atoms with Crippen molar-refractivity contribution in [2.24, 2.45) is 7.05 Å². The van der Waals surface area contributed by atoms with Gasteiger partial charge in [0.2, 0.25) is 0 Å². The summed E-state index contributed by atoms with van der Waals surface area (Å²) >= 11 is 0. The summed E-state index contributed by atoms with van der Waals surface area (Å²) in [7, 11) is 4.08. The summed E-state index contributed by atoms with van der Waals surface area (Å²) in [6, 6.07) is 14.0. The van der Waals surface area contributed by atoms with Gasteiger partial charge in [-0.05, 0) is 48.4 Å². The number of likely N-dealkylation sites (N-methyl/N-ethyl adjacent to an activating group) is 1. The Morgan fingerprint density at radius 1 is 1.13 bits per heavy atom. The van der Waals surface area contributed by atoms with Crippen molar-refractivity contribution >= 4 is 28.2 Å². The number of amides is 1. The molecule has 1 aliphatic rings. The van der Waals surface area contributed by atoms with Crippen LogP contribution >= 0.6 is 0 Å². The Labute approximate surface area is 135 Å². The Bertz CT molecular complexity index is 910. The SMILES string of the molecule is CN1CCc2cc(NC(=O)c3cccc4c3ccn4C)ccc21. The quantitative estimate of drug-likeness (QED) is 0.787. The van der Waals surface area contributed by atoms with Gasteiger partial charge in [0.05, 0.1) is 0 Å². The molecular formula is C19H19N3O. The maximum Gasteiger partial charge on any atom is 0.256 e. The fourth-order valence-electron chi connectivity index (χ4n) is 3.34. The van der Waals surface area contributed by atoms with Crippen molar-refractivity contribution < 1.29 is 4.79 Å². The van der Waals surface area contributed by atoms with Crippen molar-refractivity contribution in [2.75, 3.05) is 23.8 Å². The molecule has 2 heterocycles. The van der Waals surface area contributed by atoms with Crippen LogP contribution in [0.5, 0.6) is 0 Å². The van der Waals surface area contributed by atoms with E-state index < -0.39 is 0 Å². The highest BCUT2D eigenvalue weighted by molar-refractivity contribution is 6.12. The van der Waals surface area contributed by atoms with Gasteiger partial charge in [0.1, 0.15) is 0 Å². The summed E-state index contributed by atoms with van der Waals surface area (Å²) in [5.41, 5.74) is 5.18. The first-order valence-corrected chi connectivity index (χ1v) is 7.83. The molecule has 3 aromatic rings. The van der Waals surface area contributed by atoms with Crippen molar-refractivity contribution in [2.45, 2.75) is 6.42 Å². The molecule has 116 valence electrons. The largest absolute Gasteiger partial charge is 0.374 e. The van der Waals surface area contributed by atoms with Crippen LogP contribution in [-0.2, 0) is 13.5 Å². The fourth-order valence-corrected chi connectivity index (χ4v) is 3.34. The van der Waals surface area contributed by atoms with E-state index in [4.69, 9.17) is 0 Å². The second-order valence-electron chi connectivity index (χ2n) is 6.13. The van der Waals surface area contributed by atoms with Gasteiger partial charge in [-0.15, -0.1) is 0 Å². The van der Waals surface area contributed by atoms with Gasteiger partial charge in [-0.2, -0.15) is 0 Å². The number of carbonyl (C=O) groups is 1. The zero-order valence-electron chi connectivity index (χ0n) is 13.3. The lowest BCUT2D eigenvalue weighted by molar-refractivity contribution is 0.102. The van der Waals surface area contributed by atoms with E-state index in [1.807, 2.05) is 48.1 Å². The van der Waals surface area contributed by atoms with Gasteiger partial charge in [-0.3, -0.25) is 4.79 Å². The lowest BCUT2D eigenvalue weighted by atomic mass is 10.1. The Morgan fingerprint density at radius 3 is 2.87 bits per heavy atom. The van der Waals surface area contributed by atoms with Crippen molar-refractivity contribution in [3.63, 3.8) is 0 Å². The van der Waals surface area contributed by atoms with Crippen LogP contribution in [0.25, 0.3) is 10.9 Å². The number of fused-ring (bicyclic) bond motifs is 2. The number of hydrogen-bond acceptors (Lipinski definition) is 2. The summed E-state index contributed by atoms with van der Waals surface area (Å²) in [5.74, 6) is -0.0619. The molecule has 23 heavy (non-hydrogen) atoms. The summed E-state index contributed by atoms with van der Waals surface area (Å²) < 4.78 is 2.03. The van der Waals surface area contributed by atoms with Crippen LogP contribution in [0.1, 0.15) is 15.9 Å². The first kappa shape index (κ1) is 13.9. The minimum atomic E-state index is -0.0619. The van der Waals surface area contributed by atoms with Crippen LogP contribution in [0.3, 0.4) is 0 Å². The highest BCUT2D eigenvalue weighted by atomic mass is 16.1. The second kappa shape index (κ2) is 5.16. The molecule has 1 N–H and O–H groups in total. The Hall–Kier alpha value is -2.75. The summed E-state index contributed by atoms with van der Waals surface area (Å²) in [6.07, 6.45) is 3.01. The maximum absolute atomic E-state index is 12.7. The molecule has 1 aliphatic heterocycles. The average molecular weight is 305 g/mol. The molecule has 0 unspecified atom stereocenters. The number of carbonyl (C=O) groups excluding carboxylic acids is 1. The Kier molecular flexibility index (Phi) is 3.11. The molecule has 0 spiro atoms. The van der Waals surface area contributed by atoms with Crippen LogP contribution in [-0.4, -0.2) is 24.1 Å². The summed E-state index contributed by atoms with van der Waals surface area (Å²) in [6.45, 7) is 1.04. The van der Waals surface area contributed by atoms with E-state index in [2.05, 4.69) is 29.4 Å². The van der Waals surface area contributed by atoms with Gasteiger partial charge in [-0.1, -0.05) is 6.07 Å². The van der Waals surface area contributed by atoms with E-state index in [-0.39, 0.29) is 5.91 Å². The molecule has 2 aromatic carbocycles. The fraction of sp³-hybridized carbons (Fsp3) is 0.211. The highest BCUT2D eigenvalue weighted by Gasteiger charge is 2.17. The first-order chi connectivity index (χ1) is 11.1. The summed E-state index contributed by atoms with van der Waals surface area (Å²) in [5, 5.41) is 4.02. The molecule has 0 fully saturated rings. The zero-order chi connectivity index (χ0) is 16.0. The highest BCUT2D eigenvalue weighted by Crippen LogP contribution is 2.29. The lowest BCUT2D eigenvalue weighted by Crippen LogP contribution is -2.13. The molecule has 0 saturated carbocycles.